The van der Waals surface area contributed by atoms with Crippen molar-refractivity contribution in [3.05, 3.63) is 50.6 Å². The highest BCUT2D eigenvalue weighted by atomic mass is 35.5. The van der Waals surface area contributed by atoms with Gasteiger partial charge in [-0.15, -0.1) is 11.3 Å². The largest absolute Gasteiger partial charge is 0.442 e. The molecule has 1 aromatic carbocycles. The van der Waals surface area contributed by atoms with E-state index in [0.29, 0.717) is 27.2 Å². The number of halogens is 2. The molecule has 0 saturated carbocycles. The van der Waals surface area contributed by atoms with E-state index in [1.54, 1.807) is 30.3 Å². The van der Waals surface area contributed by atoms with Crippen LogP contribution in [0, 0.1) is 0 Å². The molecule has 2 aromatic rings. The summed E-state index contributed by atoms with van der Waals surface area (Å²) in [5.74, 6) is -0.177. The second kappa shape index (κ2) is 6.78. The predicted molar refractivity (Wildman–Crippen MR) is 90.7 cm³/mol. The lowest BCUT2D eigenvalue weighted by Gasteiger charge is -2.13. The van der Waals surface area contributed by atoms with Crippen LogP contribution >= 0.6 is 34.5 Å². The van der Waals surface area contributed by atoms with E-state index in [1.165, 1.54) is 16.2 Å². The van der Waals surface area contributed by atoms with E-state index in [1.807, 2.05) is 5.38 Å². The molecule has 3 rings (SSSR count). The zero-order valence-electron chi connectivity index (χ0n) is 11.8. The highest BCUT2D eigenvalue weighted by molar-refractivity contribution is 7.12. The van der Waals surface area contributed by atoms with Gasteiger partial charge in [-0.3, -0.25) is 9.69 Å². The van der Waals surface area contributed by atoms with Crippen LogP contribution in [0.3, 0.4) is 0 Å². The van der Waals surface area contributed by atoms with E-state index in [0.717, 1.165) is 0 Å². The Bertz CT molecular complexity index is 736. The highest BCUT2D eigenvalue weighted by Crippen LogP contribution is 2.29. The number of nitrogens with one attached hydrogen (secondary N) is 1. The van der Waals surface area contributed by atoms with Gasteiger partial charge in [-0.1, -0.05) is 29.3 Å². The van der Waals surface area contributed by atoms with Crippen LogP contribution < -0.4 is 10.2 Å². The van der Waals surface area contributed by atoms with Crippen molar-refractivity contribution in [2.24, 2.45) is 0 Å². The smallest absolute Gasteiger partial charge is 0.414 e. The summed E-state index contributed by atoms with van der Waals surface area (Å²) in [6.07, 6.45) is -0.889. The minimum absolute atomic E-state index is 0.177. The third-order valence-corrected chi connectivity index (χ3v) is 4.93. The molecule has 1 atom stereocenters. The first kappa shape index (κ1) is 16.1. The maximum Gasteiger partial charge on any atom is 0.414 e. The van der Waals surface area contributed by atoms with Crippen LogP contribution in [0.2, 0.25) is 10.0 Å². The van der Waals surface area contributed by atoms with Gasteiger partial charge in [0, 0.05) is 5.69 Å². The van der Waals surface area contributed by atoms with Gasteiger partial charge in [-0.2, -0.15) is 0 Å². The number of hydrogen-bond donors (Lipinski definition) is 1. The van der Waals surface area contributed by atoms with Crippen LogP contribution in [0.4, 0.5) is 10.5 Å². The molecule has 8 heteroatoms. The van der Waals surface area contributed by atoms with Gasteiger partial charge in [0.25, 0.3) is 5.91 Å². The molecular formula is C15H12Cl2N2O3S. The number of rotatable bonds is 4. The summed E-state index contributed by atoms with van der Waals surface area (Å²) in [5.41, 5.74) is 0.608. The van der Waals surface area contributed by atoms with E-state index >= 15 is 0 Å². The van der Waals surface area contributed by atoms with E-state index in [-0.39, 0.29) is 12.5 Å². The summed E-state index contributed by atoms with van der Waals surface area (Å²) < 4.78 is 5.27. The monoisotopic (exact) mass is 370 g/mol. The van der Waals surface area contributed by atoms with E-state index in [9.17, 15) is 9.59 Å². The molecular weight excluding hydrogens is 359 g/mol. The minimum atomic E-state index is -0.473. The first-order chi connectivity index (χ1) is 11.0. The predicted octanol–water partition coefficient (Wildman–Crippen LogP) is 3.81. The Hall–Kier alpha value is -1.76. The Morgan fingerprint density at radius 3 is 2.87 bits per heavy atom. The lowest BCUT2D eigenvalue weighted by atomic mass is 10.2. The average Bonchev–Trinajstić information content (AvgIpc) is 3.17. The molecule has 23 heavy (non-hydrogen) atoms. The molecule has 1 aliphatic rings. The van der Waals surface area contributed by atoms with Gasteiger partial charge in [-0.05, 0) is 29.6 Å². The number of ether oxygens (including phenoxy) is 1. The van der Waals surface area contributed by atoms with Gasteiger partial charge in [0.2, 0.25) is 0 Å². The number of anilines is 1. The maximum absolute atomic E-state index is 12.0. The fourth-order valence-electron chi connectivity index (χ4n) is 2.19. The summed E-state index contributed by atoms with van der Waals surface area (Å²) in [6.45, 7) is 0.585. The molecule has 0 spiro atoms. The molecule has 0 radical (unpaired) electrons. The van der Waals surface area contributed by atoms with Crippen molar-refractivity contribution in [3.8, 4) is 0 Å². The Kier molecular flexibility index (Phi) is 4.75. The van der Waals surface area contributed by atoms with Crippen molar-refractivity contribution in [3.63, 3.8) is 0 Å². The lowest BCUT2D eigenvalue weighted by Crippen LogP contribution is -2.34. The van der Waals surface area contributed by atoms with E-state index in [4.69, 9.17) is 27.9 Å². The third-order valence-electron chi connectivity index (χ3n) is 3.32. The molecule has 1 aromatic heterocycles. The molecule has 5 nitrogen and oxygen atoms in total. The first-order valence-electron chi connectivity index (χ1n) is 6.79. The van der Waals surface area contributed by atoms with Gasteiger partial charge in [0.05, 0.1) is 28.0 Å². The van der Waals surface area contributed by atoms with Crippen LogP contribution in [-0.4, -0.2) is 31.2 Å². The van der Waals surface area contributed by atoms with Crippen LogP contribution in [0.1, 0.15) is 9.67 Å². The summed E-state index contributed by atoms with van der Waals surface area (Å²) >= 11 is 13.2. The molecule has 0 bridgehead atoms. The summed E-state index contributed by atoms with van der Waals surface area (Å²) in [7, 11) is 0. The molecule has 1 aliphatic heterocycles. The van der Waals surface area contributed by atoms with Gasteiger partial charge in [0.15, 0.2) is 0 Å². The van der Waals surface area contributed by atoms with Crippen LogP contribution in [0.15, 0.2) is 35.7 Å². The van der Waals surface area contributed by atoms with E-state index in [2.05, 4.69) is 5.32 Å². The average molecular weight is 371 g/mol. The highest BCUT2D eigenvalue weighted by Gasteiger charge is 2.32. The molecule has 1 fully saturated rings. The summed E-state index contributed by atoms with van der Waals surface area (Å²) in [5, 5.41) is 5.38. The molecule has 2 amide bonds. The van der Waals surface area contributed by atoms with Gasteiger partial charge in [-0.25, -0.2) is 4.79 Å². The van der Waals surface area contributed by atoms with Crippen molar-refractivity contribution in [2.75, 3.05) is 18.0 Å². The molecule has 0 unspecified atom stereocenters. The number of carbonyl (C=O) groups excluding carboxylic acids is 2. The quantitative estimate of drug-likeness (QED) is 0.889. The standard InChI is InChI=1S/C15H12Cl2N2O3S/c16-11-4-3-9(6-12(11)17)19-8-10(22-15(19)21)7-18-14(20)13-2-1-5-23-13/h1-6,10H,7-8H2,(H,18,20)/t10-/m1/s1. The Balaban J connectivity index is 1.61. The second-order valence-electron chi connectivity index (χ2n) is 4.90. The fraction of sp³-hybridized carbons (Fsp3) is 0.200. The van der Waals surface area contributed by atoms with Crippen molar-refractivity contribution >= 4 is 52.2 Å². The number of hydrogen-bond acceptors (Lipinski definition) is 4. The van der Waals surface area contributed by atoms with Crippen molar-refractivity contribution in [2.45, 2.75) is 6.10 Å². The normalized spacial score (nSPS) is 17.2. The Labute approximate surface area is 146 Å². The van der Waals surface area contributed by atoms with Gasteiger partial charge < -0.3 is 10.1 Å². The summed E-state index contributed by atoms with van der Waals surface area (Å²) in [6, 6.07) is 8.47. The van der Waals surface area contributed by atoms with Crippen LogP contribution in [-0.2, 0) is 4.74 Å². The number of benzene rings is 1. The second-order valence-corrected chi connectivity index (χ2v) is 6.66. The SMILES string of the molecule is O=C(NC[C@@H]1CN(c2ccc(Cl)c(Cl)c2)C(=O)O1)c1cccs1. The van der Waals surface area contributed by atoms with Gasteiger partial charge in [0.1, 0.15) is 6.10 Å². The summed E-state index contributed by atoms with van der Waals surface area (Å²) in [4.78, 5) is 25.9. The number of carbonyl (C=O) groups is 2. The van der Waals surface area contributed by atoms with Crippen LogP contribution in [0.5, 0.6) is 0 Å². The van der Waals surface area contributed by atoms with Crippen molar-refractivity contribution < 1.29 is 14.3 Å². The van der Waals surface area contributed by atoms with E-state index < -0.39 is 12.2 Å². The molecule has 120 valence electrons. The zero-order chi connectivity index (χ0) is 16.4. The fourth-order valence-corrected chi connectivity index (χ4v) is 3.13. The first-order valence-corrected chi connectivity index (χ1v) is 8.43. The van der Waals surface area contributed by atoms with Crippen LogP contribution in [0.25, 0.3) is 0 Å². The lowest BCUT2D eigenvalue weighted by molar-refractivity contribution is 0.0920. The molecule has 1 N–H and O–H groups in total. The number of thiophene rings is 1. The number of cyclic esters (lactones) is 1. The molecule has 1 saturated heterocycles. The van der Waals surface area contributed by atoms with Crippen molar-refractivity contribution in [1.29, 1.82) is 0 Å². The third kappa shape index (κ3) is 3.60. The maximum atomic E-state index is 12.0. The van der Waals surface area contributed by atoms with Crippen molar-refractivity contribution in [1.82, 2.24) is 5.32 Å². The zero-order valence-corrected chi connectivity index (χ0v) is 14.1. The molecule has 0 aliphatic carbocycles. The Morgan fingerprint density at radius 1 is 1.35 bits per heavy atom. The van der Waals surface area contributed by atoms with Gasteiger partial charge >= 0.3 is 6.09 Å². The minimum Gasteiger partial charge on any atom is -0.442 e. The molecule has 2 heterocycles. The number of amides is 2. The number of nitrogens with zero attached hydrogens (tertiary/aromatic N) is 1. The Morgan fingerprint density at radius 2 is 2.17 bits per heavy atom. The topological polar surface area (TPSA) is 58.6 Å².